The van der Waals surface area contributed by atoms with Crippen molar-refractivity contribution in [1.29, 1.82) is 0 Å². The Balaban J connectivity index is 2.21. The lowest BCUT2D eigenvalue weighted by atomic mass is 10.3. The first-order chi connectivity index (χ1) is 9.49. The molecule has 2 atom stereocenters. The fourth-order valence-electron chi connectivity index (χ4n) is 1.50. The van der Waals surface area contributed by atoms with E-state index in [-0.39, 0.29) is 6.61 Å². The van der Waals surface area contributed by atoms with E-state index in [2.05, 4.69) is 5.32 Å². The molecule has 0 radical (unpaired) electrons. The van der Waals surface area contributed by atoms with Gasteiger partial charge in [0.2, 0.25) is 0 Å². The van der Waals surface area contributed by atoms with Crippen molar-refractivity contribution in [2.24, 2.45) is 0 Å². The van der Waals surface area contributed by atoms with Crippen LogP contribution in [0.5, 0.6) is 5.75 Å². The summed E-state index contributed by atoms with van der Waals surface area (Å²) >= 11 is 11.8. The van der Waals surface area contributed by atoms with Crippen LogP contribution in [0, 0.1) is 0 Å². The van der Waals surface area contributed by atoms with Gasteiger partial charge in [0.1, 0.15) is 18.5 Å². The van der Waals surface area contributed by atoms with Crippen molar-refractivity contribution in [2.75, 3.05) is 31.7 Å². The Morgan fingerprint density at radius 1 is 1.45 bits per heavy atom. The molecule has 0 spiro atoms. The van der Waals surface area contributed by atoms with E-state index in [1.807, 2.05) is 0 Å². The maximum Gasteiger partial charge on any atom is 0.139 e. The number of ether oxygens (including phenoxy) is 1. The maximum atomic E-state index is 10.9. The minimum Gasteiger partial charge on any atom is -0.489 e. The topological polar surface area (TPSA) is 58.6 Å². The van der Waals surface area contributed by atoms with E-state index in [4.69, 9.17) is 27.9 Å². The fourth-order valence-corrected chi connectivity index (χ4v) is 2.39. The van der Waals surface area contributed by atoms with Gasteiger partial charge in [-0.25, -0.2) is 0 Å². The summed E-state index contributed by atoms with van der Waals surface area (Å²) in [6, 6.07) is 4.93. The molecule has 20 heavy (non-hydrogen) atoms. The van der Waals surface area contributed by atoms with Crippen molar-refractivity contribution >= 4 is 34.0 Å². The Hall–Kier alpha value is -0.330. The SMILES string of the molecule is CS(=O)CCCNCC(O)COc1cc(Cl)ccc1Cl. The van der Waals surface area contributed by atoms with Crippen molar-refractivity contribution in [1.82, 2.24) is 5.32 Å². The van der Waals surface area contributed by atoms with Gasteiger partial charge < -0.3 is 15.2 Å². The van der Waals surface area contributed by atoms with Crippen molar-refractivity contribution in [2.45, 2.75) is 12.5 Å². The van der Waals surface area contributed by atoms with Gasteiger partial charge in [-0.15, -0.1) is 0 Å². The van der Waals surface area contributed by atoms with Crippen LogP contribution in [-0.2, 0) is 10.8 Å². The first-order valence-corrected chi connectivity index (χ1v) is 8.74. The Kier molecular flexibility index (Phi) is 8.49. The van der Waals surface area contributed by atoms with Gasteiger partial charge in [-0.05, 0) is 25.1 Å². The molecule has 0 saturated heterocycles. The standard InChI is InChI=1S/C13H19Cl2NO3S/c1-20(18)6-2-5-16-8-11(17)9-19-13-7-10(14)3-4-12(13)15/h3-4,7,11,16-17H,2,5-6,8-9H2,1H3. The minimum atomic E-state index is -0.767. The van der Waals surface area contributed by atoms with E-state index >= 15 is 0 Å². The van der Waals surface area contributed by atoms with Gasteiger partial charge >= 0.3 is 0 Å². The maximum absolute atomic E-state index is 10.9. The van der Waals surface area contributed by atoms with E-state index in [1.165, 1.54) is 0 Å². The van der Waals surface area contributed by atoms with Crippen molar-refractivity contribution < 1.29 is 14.1 Å². The number of benzene rings is 1. The molecule has 0 aliphatic rings. The van der Waals surface area contributed by atoms with Crippen LogP contribution in [0.2, 0.25) is 10.0 Å². The normalized spacial score (nSPS) is 14.0. The second kappa shape index (κ2) is 9.58. The Bertz CT molecular complexity index is 446. The molecule has 7 heteroatoms. The molecule has 1 rings (SSSR count). The number of halogens is 2. The highest BCUT2D eigenvalue weighted by Gasteiger charge is 2.07. The molecule has 0 bridgehead atoms. The minimum absolute atomic E-state index is 0.132. The number of hydrogen-bond acceptors (Lipinski definition) is 4. The number of hydrogen-bond donors (Lipinski definition) is 2. The average molecular weight is 340 g/mol. The van der Waals surface area contributed by atoms with E-state index in [9.17, 15) is 9.32 Å². The van der Waals surface area contributed by atoms with Gasteiger partial charge in [0, 0.05) is 40.4 Å². The molecule has 0 heterocycles. The molecule has 2 N–H and O–H groups in total. The molecule has 1 aromatic rings. The lowest BCUT2D eigenvalue weighted by Gasteiger charge is -2.14. The zero-order valence-electron chi connectivity index (χ0n) is 11.3. The molecule has 0 aliphatic heterocycles. The predicted octanol–water partition coefficient (Wildman–Crippen LogP) is 2.09. The molecule has 0 aliphatic carbocycles. The molecule has 2 unspecified atom stereocenters. The molecular weight excluding hydrogens is 321 g/mol. The first-order valence-electron chi connectivity index (χ1n) is 6.25. The first kappa shape index (κ1) is 17.7. The van der Waals surface area contributed by atoms with E-state index in [0.29, 0.717) is 34.6 Å². The number of aliphatic hydroxyl groups is 1. The van der Waals surface area contributed by atoms with Gasteiger partial charge in [0.15, 0.2) is 0 Å². The molecule has 0 amide bonds. The molecule has 1 aromatic carbocycles. The van der Waals surface area contributed by atoms with Crippen LogP contribution in [0.3, 0.4) is 0 Å². The summed E-state index contributed by atoms with van der Waals surface area (Å²) in [5.41, 5.74) is 0. The lowest BCUT2D eigenvalue weighted by Crippen LogP contribution is -2.32. The van der Waals surface area contributed by atoms with Crippen molar-refractivity contribution in [3.05, 3.63) is 28.2 Å². The summed E-state index contributed by atoms with van der Waals surface area (Å²) in [7, 11) is -0.767. The Morgan fingerprint density at radius 3 is 2.90 bits per heavy atom. The molecular formula is C13H19Cl2NO3S. The van der Waals surface area contributed by atoms with Gasteiger partial charge in [0.25, 0.3) is 0 Å². The van der Waals surface area contributed by atoms with Gasteiger partial charge in [-0.1, -0.05) is 23.2 Å². The second-order valence-electron chi connectivity index (χ2n) is 4.37. The zero-order chi connectivity index (χ0) is 15.0. The van der Waals surface area contributed by atoms with Crippen LogP contribution in [-0.4, -0.2) is 47.1 Å². The summed E-state index contributed by atoms with van der Waals surface area (Å²) in [5, 5.41) is 13.8. The van der Waals surface area contributed by atoms with E-state index in [1.54, 1.807) is 24.5 Å². The predicted molar refractivity (Wildman–Crippen MR) is 84.4 cm³/mol. The summed E-state index contributed by atoms with van der Waals surface area (Å²) in [5.74, 6) is 1.12. The smallest absolute Gasteiger partial charge is 0.139 e. The second-order valence-corrected chi connectivity index (χ2v) is 6.77. The van der Waals surface area contributed by atoms with Gasteiger partial charge in [-0.3, -0.25) is 4.21 Å². The van der Waals surface area contributed by atoms with Gasteiger partial charge in [0.05, 0.1) is 5.02 Å². The third-order valence-electron chi connectivity index (χ3n) is 2.49. The van der Waals surface area contributed by atoms with Crippen molar-refractivity contribution in [3.63, 3.8) is 0 Å². The average Bonchev–Trinajstić information content (AvgIpc) is 2.39. The quantitative estimate of drug-likeness (QED) is 0.676. The fraction of sp³-hybridized carbons (Fsp3) is 0.538. The Labute approximate surface area is 131 Å². The van der Waals surface area contributed by atoms with Gasteiger partial charge in [-0.2, -0.15) is 0 Å². The molecule has 0 fully saturated rings. The van der Waals surface area contributed by atoms with Crippen LogP contribution in [0.4, 0.5) is 0 Å². The molecule has 114 valence electrons. The van der Waals surface area contributed by atoms with Crippen molar-refractivity contribution in [3.8, 4) is 5.75 Å². The van der Waals surface area contributed by atoms with E-state index in [0.717, 1.165) is 6.42 Å². The highest BCUT2D eigenvalue weighted by molar-refractivity contribution is 7.84. The molecule has 4 nitrogen and oxygen atoms in total. The number of rotatable bonds is 9. The third kappa shape index (κ3) is 7.45. The molecule has 0 saturated carbocycles. The molecule has 0 aromatic heterocycles. The summed E-state index contributed by atoms with van der Waals surface area (Å²) in [6.07, 6.45) is 1.85. The van der Waals surface area contributed by atoms with Crippen LogP contribution < -0.4 is 10.1 Å². The summed E-state index contributed by atoms with van der Waals surface area (Å²) in [4.78, 5) is 0. The monoisotopic (exact) mass is 339 g/mol. The number of aliphatic hydroxyl groups excluding tert-OH is 1. The highest BCUT2D eigenvalue weighted by atomic mass is 35.5. The zero-order valence-corrected chi connectivity index (χ0v) is 13.6. The lowest BCUT2D eigenvalue weighted by molar-refractivity contribution is 0.106. The third-order valence-corrected chi connectivity index (χ3v) is 3.90. The van der Waals surface area contributed by atoms with Crippen LogP contribution in [0.1, 0.15) is 6.42 Å². The number of nitrogens with one attached hydrogen (secondary N) is 1. The van der Waals surface area contributed by atoms with Crippen LogP contribution in [0.15, 0.2) is 18.2 Å². The summed E-state index contributed by atoms with van der Waals surface area (Å²) in [6.45, 7) is 1.26. The van der Waals surface area contributed by atoms with Crippen LogP contribution >= 0.6 is 23.2 Å². The largest absolute Gasteiger partial charge is 0.489 e. The van der Waals surface area contributed by atoms with E-state index < -0.39 is 16.9 Å². The highest BCUT2D eigenvalue weighted by Crippen LogP contribution is 2.27. The summed E-state index contributed by atoms with van der Waals surface area (Å²) < 4.78 is 16.3. The Morgan fingerprint density at radius 2 is 2.20 bits per heavy atom. The van der Waals surface area contributed by atoms with Crippen LogP contribution in [0.25, 0.3) is 0 Å².